The highest BCUT2D eigenvalue weighted by molar-refractivity contribution is 5.91. The number of carbonyl (C=O) groups excluding carboxylic acids is 1. The summed E-state index contributed by atoms with van der Waals surface area (Å²) in [5, 5.41) is 9.97. The van der Waals surface area contributed by atoms with Crippen LogP contribution in [0.5, 0.6) is 11.5 Å². The lowest BCUT2D eigenvalue weighted by atomic mass is 9.90. The highest BCUT2D eigenvalue weighted by Crippen LogP contribution is 2.46. The molecule has 0 spiro atoms. The van der Waals surface area contributed by atoms with E-state index in [0.717, 1.165) is 4.90 Å². The van der Waals surface area contributed by atoms with Crippen LogP contribution in [0.2, 0.25) is 0 Å². The van der Waals surface area contributed by atoms with E-state index in [0.29, 0.717) is 23.4 Å². The fourth-order valence-corrected chi connectivity index (χ4v) is 4.44. The predicted octanol–water partition coefficient (Wildman–Crippen LogP) is 6.52. The number of fused-ring (bicyclic) bond motifs is 1. The standard InChI is InChI=1S/C25H25F6N3O4/c1-5-38-23(35)34-14(2)6-19(18-10-21(36-3)22(37-4)11-20(18)34)33(13-32)12-15-7-16(24(26,27)28)9-17(8-15)25(29,30)31/h7-11,14,19H,5-6,12H2,1-4H3/t14-,19+/m1/s1. The summed E-state index contributed by atoms with van der Waals surface area (Å²) in [5.74, 6) is 0.524. The first-order valence-corrected chi connectivity index (χ1v) is 11.4. The van der Waals surface area contributed by atoms with Gasteiger partial charge in [0.15, 0.2) is 17.7 Å². The molecule has 3 rings (SSSR count). The summed E-state index contributed by atoms with van der Waals surface area (Å²) >= 11 is 0. The molecule has 0 fully saturated rings. The molecule has 7 nitrogen and oxygen atoms in total. The fraction of sp³-hybridized carbons (Fsp3) is 0.440. The summed E-state index contributed by atoms with van der Waals surface area (Å²) in [6, 6.07) is 2.88. The molecule has 206 valence electrons. The van der Waals surface area contributed by atoms with Gasteiger partial charge >= 0.3 is 18.4 Å². The number of benzene rings is 2. The van der Waals surface area contributed by atoms with Gasteiger partial charge in [0.2, 0.25) is 0 Å². The van der Waals surface area contributed by atoms with Gasteiger partial charge in [-0.3, -0.25) is 9.80 Å². The number of hydrogen-bond acceptors (Lipinski definition) is 6. The fourth-order valence-electron chi connectivity index (χ4n) is 4.44. The average Bonchev–Trinajstić information content (AvgIpc) is 2.84. The number of nitrogens with zero attached hydrogens (tertiary/aromatic N) is 3. The van der Waals surface area contributed by atoms with Crippen LogP contribution >= 0.6 is 0 Å². The van der Waals surface area contributed by atoms with Crippen molar-refractivity contribution in [2.45, 2.75) is 51.2 Å². The van der Waals surface area contributed by atoms with E-state index in [1.165, 1.54) is 31.3 Å². The van der Waals surface area contributed by atoms with E-state index in [1.54, 1.807) is 13.8 Å². The second-order valence-electron chi connectivity index (χ2n) is 8.58. The van der Waals surface area contributed by atoms with Gasteiger partial charge in [-0.25, -0.2) is 4.79 Å². The molecule has 0 radical (unpaired) electrons. The van der Waals surface area contributed by atoms with E-state index >= 15 is 0 Å². The van der Waals surface area contributed by atoms with Gasteiger partial charge in [0.05, 0.1) is 50.2 Å². The van der Waals surface area contributed by atoms with E-state index in [4.69, 9.17) is 14.2 Å². The summed E-state index contributed by atoms with van der Waals surface area (Å²) in [7, 11) is 2.76. The molecule has 1 aliphatic rings. The van der Waals surface area contributed by atoms with Gasteiger partial charge in [0, 0.05) is 17.7 Å². The van der Waals surface area contributed by atoms with Crippen molar-refractivity contribution in [3.05, 3.63) is 52.6 Å². The molecule has 1 amide bonds. The number of nitriles is 1. The molecule has 0 saturated heterocycles. The number of methoxy groups -OCH3 is 2. The Kier molecular flexibility index (Phi) is 8.24. The number of carbonyl (C=O) groups is 1. The molecule has 1 heterocycles. The summed E-state index contributed by atoms with van der Waals surface area (Å²) in [5.41, 5.74) is -2.60. The molecule has 0 saturated carbocycles. The van der Waals surface area contributed by atoms with Gasteiger partial charge in [0.25, 0.3) is 0 Å². The Morgan fingerprint density at radius 1 is 1.03 bits per heavy atom. The second kappa shape index (κ2) is 10.9. The molecule has 0 aromatic heterocycles. The number of anilines is 1. The smallest absolute Gasteiger partial charge is 0.416 e. The number of hydrogen-bond donors (Lipinski definition) is 0. The molecule has 13 heteroatoms. The van der Waals surface area contributed by atoms with Crippen LogP contribution in [0.15, 0.2) is 30.3 Å². The summed E-state index contributed by atoms with van der Waals surface area (Å²) in [6.45, 7) is 2.86. The van der Waals surface area contributed by atoms with Crippen molar-refractivity contribution < 1.29 is 45.3 Å². The first kappa shape index (κ1) is 28.7. The Bertz CT molecular complexity index is 1190. The molecule has 2 aromatic carbocycles. The van der Waals surface area contributed by atoms with Gasteiger partial charge in [-0.05, 0) is 50.1 Å². The zero-order valence-corrected chi connectivity index (χ0v) is 20.9. The molecule has 38 heavy (non-hydrogen) atoms. The number of ether oxygens (including phenoxy) is 3. The molecule has 2 atom stereocenters. The molecular weight excluding hydrogens is 520 g/mol. The quantitative estimate of drug-likeness (QED) is 0.234. The Morgan fingerprint density at radius 2 is 1.58 bits per heavy atom. The normalized spacial score (nSPS) is 17.3. The monoisotopic (exact) mass is 545 g/mol. The summed E-state index contributed by atoms with van der Waals surface area (Å²) < 4.78 is 96.1. The largest absolute Gasteiger partial charge is 0.493 e. The van der Waals surface area contributed by atoms with Crippen molar-refractivity contribution in [1.82, 2.24) is 4.90 Å². The first-order valence-electron chi connectivity index (χ1n) is 11.4. The Balaban J connectivity index is 2.13. The van der Waals surface area contributed by atoms with Crippen molar-refractivity contribution in [3.8, 4) is 17.7 Å². The molecular formula is C25H25F6N3O4. The van der Waals surface area contributed by atoms with Crippen LogP contribution < -0.4 is 14.4 Å². The lowest BCUT2D eigenvalue weighted by Gasteiger charge is -2.41. The Morgan fingerprint density at radius 3 is 2.05 bits per heavy atom. The van der Waals surface area contributed by atoms with Crippen LogP contribution in [0.1, 0.15) is 48.6 Å². The predicted molar refractivity (Wildman–Crippen MR) is 123 cm³/mol. The summed E-state index contributed by atoms with van der Waals surface area (Å²) in [6.07, 6.45) is -8.69. The van der Waals surface area contributed by atoms with Gasteiger partial charge in [-0.15, -0.1) is 0 Å². The minimum absolute atomic E-state index is 0.0343. The van der Waals surface area contributed by atoms with Gasteiger partial charge in [-0.2, -0.15) is 31.6 Å². The molecule has 0 aliphatic carbocycles. The molecule has 0 unspecified atom stereocenters. The third-order valence-electron chi connectivity index (χ3n) is 6.13. The van der Waals surface area contributed by atoms with Crippen LogP contribution in [-0.4, -0.2) is 37.9 Å². The zero-order chi connectivity index (χ0) is 28.4. The molecule has 1 aliphatic heterocycles. The highest BCUT2D eigenvalue weighted by atomic mass is 19.4. The van der Waals surface area contributed by atoms with Crippen LogP contribution in [0.25, 0.3) is 0 Å². The number of halogens is 6. The third-order valence-corrected chi connectivity index (χ3v) is 6.13. The second-order valence-corrected chi connectivity index (χ2v) is 8.58. The minimum Gasteiger partial charge on any atom is -0.493 e. The third kappa shape index (κ3) is 5.84. The lowest BCUT2D eigenvalue weighted by molar-refractivity contribution is -0.143. The number of alkyl halides is 6. The van der Waals surface area contributed by atoms with Crippen LogP contribution in [0, 0.1) is 11.5 Å². The maximum atomic E-state index is 13.4. The van der Waals surface area contributed by atoms with E-state index in [2.05, 4.69) is 0 Å². The van der Waals surface area contributed by atoms with E-state index < -0.39 is 48.2 Å². The Hall–Kier alpha value is -3.82. The van der Waals surface area contributed by atoms with Crippen molar-refractivity contribution >= 4 is 11.8 Å². The Labute approximate surface area is 215 Å². The molecule has 2 aromatic rings. The van der Waals surface area contributed by atoms with Crippen molar-refractivity contribution in [2.75, 3.05) is 25.7 Å². The van der Waals surface area contributed by atoms with E-state index in [-0.39, 0.29) is 36.2 Å². The lowest BCUT2D eigenvalue weighted by Crippen LogP contribution is -2.46. The van der Waals surface area contributed by atoms with E-state index in [1.807, 2.05) is 6.19 Å². The SMILES string of the molecule is CCOC(=O)N1c2cc(OC)c(OC)cc2[C@@H](N(C#N)Cc2cc(C(F)(F)F)cc(C(F)(F)F)c2)C[C@H]1C. The molecule has 0 bridgehead atoms. The van der Waals surface area contributed by atoms with Gasteiger partial charge in [-0.1, -0.05) is 0 Å². The van der Waals surface area contributed by atoms with Crippen molar-refractivity contribution in [3.63, 3.8) is 0 Å². The highest BCUT2D eigenvalue weighted by Gasteiger charge is 2.40. The van der Waals surface area contributed by atoms with Gasteiger partial charge < -0.3 is 14.2 Å². The van der Waals surface area contributed by atoms with Crippen LogP contribution in [-0.2, 0) is 23.6 Å². The van der Waals surface area contributed by atoms with Crippen molar-refractivity contribution in [1.29, 1.82) is 5.26 Å². The average molecular weight is 545 g/mol. The maximum absolute atomic E-state index is 13.4. The topological polar surface area (TPSA) is 75.0 Å². The number of amides is 1. The van der Waals surface area contributed by atoms with Crippen LogP contribution in [0.3, 0.4) is 0 Å². The van der Waals surface area contributed by atoms with Gasteiger partial charge in [0.1, 0.15) is 0 Å². The van der Waals surface area contributed by atoms with Crippen molar-refractivity contribution in [2.24, 2.45) is 0 Å². The number of rotatable bonds is 6. The zero-order valence-electron chi connectivity index (χ0n) is 20.9. The van der Waals surface area contributed by atoms with Crippen LogP contribution in [0.4, 0.5) is 36.8 Å². The summed E-state index contributed by atoms with van der Waals surface area (Å²) in [4.78, 5) is 15.2. The van der Waals surface area contributed by atoms with E-state index in [9.17, 15) is 36.4 Å². The maximum Gasteiger partial charge on any atom is 0.416 e. The first-order chi connectivity index (χ1) is 17.7. The molecule has 0 N–H and O–H groups in total. The minimum atomic E-state index is -5.02.